The highest BCUT2D eigenvalue weighted by Gasteiger charge is 2.10. The minimum absolute atomic E-state index is 0.0548. The first-order chi connectivity index (χ1) is 9.45. The summed E-state index contributed by atoms with van der Waals surface area (Å²) in [7, 11) is 0. The number of hydrogen-bond acceptors (Lipinski definition) is 2. The predicted molar refractivity (Wildman–Crippen MR) is 88.0 cm³/mol. The number of hydrogen-bond donors (Lipinski definition) is 1. The van der Waals surface area contributed by atoms with E-state index < -0.39 is 0 Å². The van der Waals surface area contributed by atoms with E-state index in [1.165, 1.54) is 0 Å². The van der Waals surface area contributed by atoms with Crippen molar-refractivity contribution < 1.29 is 4.74 Å². The number of ether oxygens (including phenoxy) is 1. The van der Waals surface area contributed by atoms with Crippen molar-refractivity contribution in [2.75, 3.05) is 0 Å². The summed E-state index contributed by atoms with van der Waals surface area (Å²) in [6.45, 7) is 1.96. The van der Waals surface area contributed by atoms with Gasteiger partial charge < -0.3 is 10.5 Å². The molecular weight excluding hydrogens is 361 g/mol. The van der Waals surface area contributed by atoms with Crippen molar-refractivity contribution in [3.05, 3.63) is 56.5 Å². The Morgan fingerprint density at radius 3 is 2.55 bits per heavy atom. The lowest BCUT2D eigenvalue weighted by atomic mass is 10.1. The van der Waals surface area contributed by atoms with Crippen molar-refractivity contribution in [3.8, 4) is 11.5 Å². The summed E-state index contributed by atoms with van der Waals surface area (Å²) in [4.78, 5) is 0. The summed E-state index contributed by atoms with van der Waals surface area (Å²) in [5, 5.41) is 1.05. The van der Waals surface area contributed by atoms with Crippen LogP contribution >= 0.6 is 39.1 Å². The van der Waals surface area contributed by atoms with E-state index in [1.54, 1.807) is 18.2 Å². The Kier molecular flexibility index (Phi) is 5.33. The van der Waals surface area contributed by atoms with Crippen molar-refractivity contribution in [3.63, 3.8) is 0 Å². The molecule has 0 aliphatic rings. The Labute approximate surface area is 137 Å². The molecule has 1 atom stereocenters. The fourth-order valence-electron chi connectivity index (χ4n) is 1.82. The van der Waals surface area contributed by atoms with Crippen LogP contribution in [0.25, 0.3) is 0 Å². The Morgan fingerprint density at radius 1 is 1.15 bits per heavy atom. The molecule has 0 fully saturated rings. The Bertz CT molecular complexity index is 617. The standard InChI is InChI=1S/C15H14BrCl2NO/c1-9(19)6-10-2-3-11(16)7-15(10)20-14-5-4-12(17)8-13(14)18/h2-5,7-9H,6,19H2,1H3. The molecule has 2 aromatic carbocycles. The van der Waals surface area contributed by atoms with Crippen molar-refractivity contribution in [1.29, 1.82) is 0 Å². The maximum absolute atomic E-state index is 6.13. The van der Waals surface area contributed by atoms with Gasteiger partial charge in [-0.1, -0.05) is 45.2 Å². The molecule has 0 radical (unpaired) electrons. The number of halogens is 3. The van der Waals surface area contributed by atoms with Crippen LogP contribution in [0.2, 0.25) is 10.0 Å². The van der Waals surface area contributed by atoms with Crippen molar-refractivity contribution in [2.24, 2.45) is 5.73 Å². The summed E-state index contributed by atoms with van der Waals surface area (Å²) in [5.74, 6) is 1.31. The number of rotatable bonds is 4. The summed E-state index contributed by atoms with van der Waals surface area (Å²) in [6, 6.07) is 11.1. The largest absolute Gasteiger partial charge is 0.455 e. The van der Waals surface area contributed by atoms with E-state index in [0.717, 1.165) is 22.2 Å². The number of benzene rings is 2. The van der Waals surface area contributed by atoms with Crippen LogP contribution in [0.4, 0.5) is 0 Å². The highest BCUT2D eigenvalue weighted by atomic mass is 79.9. The molecule has 0 saturated carbocycles. The van der Waals surface area contributed by atoms with Crippen LogP contribution in [0.3, 0.4) is 0 Å². The molecule has 2 nitrogen and oxygen atoms in total. The highest BCUT2D eigenvalue weighted by molar-refractivity contribution is 9.10. The van der Waals surface area contributed by atoms with Crippen LogP contribution < -0.4 is 10.5 Å². The Balaban J connectivity index is 2.34. The molecule has 5 heteroatoms. The lowest BCUT2D eigenvalue weighted by Crippen LogP contribution is -2.18. The monoisotopic (exact) mass is 373 g/mol. The molecule has 2 N–H and O–H groups in total. The second-order valence-electron chi connectivity index (χ2n) is 4.61. The van der Waals surface area contributed by atoms with Gasteiger partial charge in [0.25, 0.3) is 0 Å². The van der Waals surface area contributed by atoms with E-state index in [0.29, 0.717) is 15.8 Å². The van der Waals surface area contributed by atoms with E-state index in [2.05, 4.69) is 15.9 Å². The first kappa shape index (κ1) is 15.6. The molecule has 106 valence electrons. The third-order valence-corrected chi connectivity index (χ3v) is 3.71. The minimum Gasteiger partial charge on any atom is -0.455 e. The quantitative estimate of drug-likeness (QED) is 0.773. The fourth-order valence-corrected chi connectivity index (χ4v) is 2.60. The minimum atomic E-state index is 0.0548. The lowest BCUT2D eigenvalue weighted by molar-refractivity contribution is 0.473. The predicted octanol–water partition coefficient (Wildman–Crippen LogP) is 5.44. The van der Waals surface area contributed by atoms with Crippen LogP contribution in [0.5, 0.6) is 11.5 Å². The maximum Gasteiger partial charge on any atom is 0.146 e. The molecule has 0 aromatic heterocycles. The van der Waals surface area contributed by atoms with Gasteiger partial charge in [0.2, 0.25) is 0 Å². The summed E-state index contributed by atoms with van der Waals surface area (Å²) >= 11 is 15.5. The third-order valence-electron chi connectivity index (χ3n) is 2.68. The summed E-state index contributed by atoms with van der Waals surface area (Å²) < 4.78 is 6.84. The molecule has 0 aliphatic heterocycles. The van der Waals surface area contributed by atoms with Crippen LogP contribution in [0.15, 0.2) is 40.9 Å². The second-order valence-corrected chi connectivity index (χ2v) is 6.37. The molecule has 2 rings (SSSR count). The molecule has 1 unspecified atom stereocenters. The van der Waals surface area contributed by atoms with Gasteiger partial charge in [0.1, 0.15) is 11.5 Å². The van der Waals surface area contributed by atoms with Gasteiger partial charge in [-0.05, 0) is 49.2 Å². The summed E-state index contributed by atoms with van der Waals surface area (Å²) in [5.41, 5.74) is 6.90. The molecule has 0 spiro atoms. The third kappa shape index (κ3) is 4.13. The molecule has 0 saturated heterocycles. The van der Waals surface area contributed by atoms with Gasteiger partial charge in [-0.2, -0.15) is 0 Å². The molecule has 0 bridgehead atoms. The smallest absolute Gasteiger partial charge is 0.146 e. The van der Waals surface area contributed by atoms with Crippen molar-refractivity contribution >= 4 is 39.1 Å². The molecule has 20 heavy (non-hydrogen) atoms. The Hall–Kier alpha value is -0.740. The van der Waals surface area contributed by atoms with Gasteiger partial charge in [0.05, 0.1) is 5.02 Å². The Morgan fingerprint density at radius 2 is 1.90 bits per heavy atom. The average molecular weight is 375 g/mol. The zero-order valence-corrected chi connectivity index (χ0v) is 14.0. The molecular formula is C15H14BrCl2NO. The van der Waals surface area contributed by atoms with E-state index in [4.69, 9.17) is 33.7 Å². The molecule has 0 heterocycles. The van der Waals surface area contributed by atoms with Gasteiger partial charge in [-0.3, -0.25) is 0 Å². The highest BCUT2D eigenvalue weighted by Crippen LogP contribution is 2.34. The van der Waals surface area contributed by atoms with Gasteiger partial charge in [0, 0.05) is 15.5 Å². The van der Waals surface area contributed by atoms with E-state index >= 15 is 0 Å². The molecule has 2 aromatic rings. The lowest BCUT2D eigenvalue weighted by Gasteiger charge is -2.14. The van der Waals surface area contributed by atoms with Crippen LogP contribution in [-0.4, -0.2) is 6.04 Å². The topological polar surface area (TPSA) is 35.2 Å². The van der Waals surface area contributed by atoms with E-state index in [1.807, 2.05) is 25.1 Å². The van der Waals surface area contributed by atoms with Crippen LogP contribution in [0, 0.1) is 0 Å². The first-order valence-corrected chi connectivity index (χ1v) is 7.67. The van der Waals surface area contributed by atoms with Crippen LogP contribution in [-0.2, 0) is 6.42 Å². The van der Waals surface area contributed by atoms with Gasteiger partial charge >= 0.3 is 0 Å². The van der Waals surface area contributed by atoms with Gasteiger partial charge in [-0.25, -0.2) is 0 Å². The first-order valence-electron chi connectivity index (χ1n) is 6.12. The second kappa shape index (κ2) is 6.81. The molecule has 0 amide bonds. The number of nitrogens with two attached hydrogens (primary N) is 1. The zero-order chi connectivity index (χ0) is 14.7. The zero-order valence-electron chi connectivity index (χ0n) is 10.9. The molecule has 0 aliphatic carbocycles. The van der Waals surface area contributed by atoms with Gasteiger partial charge in [-0.15, -0.1) is 0 Å². The van der Waals surface area contributed by atoms with Crippen molar-refractivity contribution in [2.45, 2.75) is 19.4 Å². The van der Waals surface area contributed by atoms with E-state index in [9.17, 15) is 0 Å². The van der Waals surface area contributed by atoms with E-state index in [-0.39, 0.29) is 6.04 Å². The SMILES string of the molecule is CC(N)Cc1ccc(Br)cc1Oc1ccc(Cl)cc1Cl. The van der Waals surface area contributed by atoms with Gasteiger partial charge in [0.15, 0.2) is 0 Å². The average Bonchev–Trinajstić information content (AvgIpc) is 2.35. The normalized spacial score (nSPS) is 12.2. The maximum atomic E-state index is 6.13. The fraction of sp³-hybridized carbons (Fsp3) is 0.200. The van der Waals surface area contributed by atoms with Crippen molar-refractivity contribution in [1.82, 2.24) is 0 Å². The van der Waals surface area contributed by atoms with Crippen LogP contribution in [0.1, 0.15) is 12.5 Å². The summed E-state index contributed by atoms with van der Waals surface area (Å²) in [6.07, 6.45) is 0.730.